The lowest BCUT2D eigenvalue weighted by Crippen LogP contribution is -2.66. The summed E-state index contributed by atoms with van der Waals surface area (Å²) in [6.45, 7) is 8.84. The maximum Gasteiger partial charge on any atom is 0.327 e. The molecule has 2 amide bonds. The summed E-state index contributed by atoms with van der Waals surface area (Å²) in [5, 5.41) is 11.8. The highest BCUT2D eigenvalue weighted by Crippen LogP contribution is 2.28. The third-order valence-electron chi connectivity index (χ3n) is 2.82. The normalized spacial score (nSPS) is 24.4. The van der Waals surface area contributed by atoms with Crippen LogP contribution in [0.15, 0.2) is 12.7 Å². The number of carboxylic acids is 1. The van der Waals surface area contributed by atoms with E-state index in [0.717, 1.165) is 6.08 Å². The minimum absolute atomic E-state index is 0.235. The third kappa shape index (κ3) is 2.69. The van der Waals surface area contributed by atoms with Crippen molar-refractivity contribution in [3.63, 3.8) is 0 Å². The Hall–Kier alpha value is -1.85. The lowest BCUT2D eigenvalue weighted by Gasteiger charge is -2.45. The zero-order valence-corrected chi connectivity index (χ0v) is 10.8. The summed E-state index contributed by atoms with van der Waals surface area (Å²) in [5.74, 6) is -2.05. The third-order valence-corrected chi connectivity index (χ3v) is 2.82. The zero-order chi connectivity index (χ0) is 14.1. The molecule has 0 aromatic carbocycles. The van der Waals surface area contributed by atoms with Crippen LogP contribution >= 0.6 is 0 Å². The molecule has 1 heterocycles. The molecular formula is C12H18N2O4. The lowest BCUT2D eigenvalue weighted by atomic mass is 9.88. The van der Waals surface area contributed by atoms with E-state index in [-0.39, 0.29) is 12.3 Å². The van der Waals surface area contributed by atoms with Gasteiger partial charge in [0.15, 0.2) is 0 Å². The molecule has 0 aliphatic carbocycles. The summed E-state index contributed by atoms with van der Waals surface area (Å²) in [6.07, 6.45) is 0.165. The van der Waals surface area contributed by atoms with Crippen LogP contribution in [0.1, 0.15) is 27.2 Å². The molecule has 0 radical (unpaired) electrons. The van der Waals surface area contributed by atoms with Gasteiger partial charge in [-0.3, -0.25) is 9.59 Å². The van der Waals surface area contributed by atoms with Gasteiger partial charge in [0.2, 0.25) is 11.8 Å². The molecule has 18 heavy (non-hydrogen) atoms. The smallest absolute Gasteiger partial charge is 0.327 e. The van der Waals surface area contributed by atoms with Crippen LogP contribution in [-0.4, -0.2) is 40.0 Å². The number of aliphatic carboxylic acids is 1. The molecule has 0 aromatic rings. The van der Waals surface area contributed by atoms with E-state index in [1.807, 2.05) is 20.8 Å². The van der Waals surface area contributed by atoms with Crippen molar-refractivity contribution in [3.05, 3.63) is 12.7 Å². The number of amides is 2. The molecule has 6 heteroatoms. The average molecular weight is 254 g/mol. The zero-order valence-electron chi connectivity index (χ0n) is 10.8. The fourth-order valence-electron chi connectivity index (χ4n) is 1.96. The molecule has 2 N–H and O–H groups in total. The maximum atomic E-state index is 11.8. The number of nitrogens with zero attached hydrogens (tertiary/aromatic N) is 1. The van der Waals surface area contributed by atoms with Gasteiger partial charge in [0.05, 0.1) is 6.42 Å². The van der Waals surface area contributed by atoms with Gasteiger partial charge >= 0.3 is 5.97 Å². The molecular weight excluding hydrogens is 236 g/mol. The molecule has 100 valence electrons. The van der Waals surface area contributed by atoms with Gasteiger partial charge in [-0.05, 0) is 6.08 Å². The Morgan fingerprint density at radius 3 is 2.44 bits per heavy atom. The van der Waals surface area contributed by atoms with E-state index in [1.165, 1.54) is 4.90 Å². The van der Waals surface area contributed by atoms with Crippen LogP contribution < -0.4 is 5.32 Å². The SMILES string of the molecule is C=CC(=O)N1[C@H](C(=O)O)CC(=O)N[C@@H]1C(C)(C)C. The van der Waals surface area contributed by atoms with Crippen molar-refractivity contribution in [2.75, 3.05) is 0 Å². The highest BCUT2D eigenvalue weighted by Gasteiger charge is 2.45. The van der Waals surface area contributed by atoms with E-state index in [1.54, 1.807) is 0 Å². The number of hydrogen-bond acceptors (Lipinski definition) is 3. The van der Waals surface area contributed by atoms with Crippen molar-refractivity contribution in [1.29, 1.82) is 0 Å². The summed E-state index contributed by atoms with van der Waals surface area (Å²) < 4.78 is 0. The van der Waals surface area contributed by atoms with Crippen LogP contribution in [0.4, 0.5) is 0 Å². The fraction of sp³-hybridized carbons (Fsp3) is 0.583. The number of carbonyl (C=O) groups excluding carboxylic acids is 2. The topological polar surface area (TPSA) is 86.7 Å². The molecule has 2 atom stereocenters. The first-order valence-electron chi connectivity index (χ1n) is 5.65. The van der Waals surface area contributed by atoms with Crippen LogP contribution in [0, 0.1) is 5.41 Å². The minimum Gasteiger partial charge on any atom is -0.480 e. The molecule has 1 aliphatic heterocycles. The van der Waals surface area contributed by atoms with Crippen LogP contribution in [-0.2, 0) is 14.4 Å². The number of nitrogens with one attached hydrogen (secondary N) is 1. The molecule has 6 nitrogen and oxygen atoms in total. The largest absolute Gasteiger partial charge is 0.480 e. The van der Waals surface area contributed by atoms with E-state index >= 15 is 0 Å². The molecule has 0 saturated carbocycles. The predicted octanol–water partition coefficient (Wildman–Crippen LogP) is 0.346. The molecule has 1 saturated heterocycles. The van der Waals surface area contributed by atoms with Gasteiger partial charge in [0.1, 0.15) is 12.2 Å². The summed E-state index contributed by atoms with van der Waals surface area (Å²) in [5.41, 5.74) is -0.470. The molecule has 0 unspecified atom stereocenters. The fourth-order valence-corrected chi connectivity index (χ4v) is 1.96. The van der Waals surface area contributed by atoms with Crippen molar-refractivity contribution in [3.8, 4) is 0 Å². The van der Waals surface area contributed by atoms with Gasteiger partial charge in [-0.25, -0.2) is 4.79 Å². The van der Waals surface area contributed by atoms with E-state index in [2.05, 4.69) is 11.9 Å². The standard InChI is InChI=1S/C12H18N2O4/c1-5-9(16)14-7(10(17)18)6-8(15)13-11(14)12(2,3)4/h5,7,11H,1,6H2,2-4H3,(H,13,15)(H,17,18)/t7-,11-/m0/s1. The van der Waals surface area contributed by atoms with Crippen LogP contribution in [0.25, 0.3) is 0 Å². The quantitative estimate of drug-likeness (QED) is 0.696. The lowest BCUT2D eigenvalue weighted by molar-refractivity contribution is -0.160. The van der Waals surface area contributed by atoms with E-state index in [0.29, 0.717) is 0 Å². The van der Waals surface area contributed by atoms with Crippen molar-refractivity contribution in [2.45, 2.75) is 39.4 Å². The Kier molecular flexibility index (Phi) is 3.79. The average Bonchev–Trinajstić information content (AvgIpc) is 2.25. The summed E-state index contributed by atoms with van der Waals surface area (Å²) in [4.78, 5) is 35.8. The Labute approximate surface area is 106 Å². The van der Waals surface area contributed by atoms with Crippen molar-refractivity contribution in [2.24, 2.45) is 5.41 Å². The highest BCUT2D eigenvalue weighted by atomic mass is 16.4. The monoisotopic (exact) mass is 254 g/mol. The molecule has 1 fully saturated rings. The molecule has 0 bridgehead atoms. The molecule has 1 rings (SSSR count). The Morgan fingerprint density at radius 2 is 2.06 bits per heavy atom. The summed E-state index contributed by atoms with van der Waals surface area (Å²) >= 11 is 0. The number of rotatable bonds is 2. The van der Waals surface area contributed by atoms with Gasteiger partial charge in [0, 0.05) is 5.41 Å². The first kappa shape index (κ1) is 14.2. The molecule has 0 spiro atoms. The predicted molar refractivity (Wildman–Crippen MR) is 64.5 cm³/mol. The second kappa shape index (κ2) is 4.80. The van der Waals surface area contributed by atoms with Gasteiger partial charge in [-0.2, -0.15) is 0 Å². The van der Waals surface area contributed by atoms with Crippen LogP contribution in [0.3, 0.4) is 0 Å². The van der Waals surface area contributed by atoms with E-state index < -0.39 is 29.5 Å². The highest BCUT2D eigenvalue weighted by molar-refractivity contribution is 5.95. The van der Waals surface area contributed by atoms with Crippen LogP contribution in [0.2, 0.25) is 0 Å². The Bertz CT molecular complexity index is 397. The van der Waals surface area contributed by atoms with Crippen molar-refractivity contribution in [1.82, 2.24) is 10.2 Å². The number of hydrogen-bond donors (Lipinski definition) is 2. The minimum atomic E-state index is -1.19. The van der Waals surface area contributed by atoms with Crippen LogP contribution in [0.5, 0.6) is 0 Å². The number of carboxylic acid groups (broad SMARTS) is 1. The molecule has 0 aromatic heterocycles. The first-order chi connectivity index (χ1) is 8.18. The van der Waals surface area contributed by atoms with Gasteiger partial charge < -0.3 is 15.3 Å². The first-order valence-corrected chi connectivity index (χ1v) is 5.65. The molecule has 1 aliphatic rings. The van der Waals surface area contributed by atoms with E-state index in [9.17, 15) is 14.4 Å². The van der Waals surface area contributed by atoms with Gasteiger partial charge in [-0.1, -0.05) is 27.4 Å². The Balaban J connectivity index is 3.20. The van der Waals surface area contributed by atoms with Gasteiger partial charge in [-0.15, -0.1) is 0 Å². The van der Waals surface area contributed by atoms with Gasteiger partial charge in [0.25, 0.3) is 0 Å². The van der Waals surface area contributed by atoms with Crippen molar-refractivity contribution >= 4 is 17.8 Å². The maximum absolute atomic E-state index is 11.8. The summed E-state index contributed by atoms with van der Waals surface area (Å²) in [6, 6.07) is -1.14. The summed E-state index contributed by atoms with van der Waals surface area (Å²) in [7, 11) is 0. The Morgan fingerprint density at radius 1 is 1.50 bits per heavy atom. The number of carbonyl (C=O) groups is 3. The second-order valence-corrected chi connectivity index (χ2v) is 5.34. The van der Waals surface area contributed by atoms with E-state index in [4.69, 9.17) is 5.11 Å². The van der Waals surface area contributed by atoms with Crippen molar-refractivity contribution < 1.29 is 19.5 Å². The second-order valence-electron chi connectivity index (χ2n) is 5.34.